The number of nitrogens with one attached hydrogen (secondary N) is 2. The summed E-state index contributed by atoms with van der Waals surface area (Å²) < 4.78 is 22.4. The van der Waals surface area contributed by atoms with Crippen molar-refractivity contribution < 1.29 is 8.42 Å². The van der Waals surface area contributed by atoms with E-state index < -0.39 is 10.0 Å². The van der Waals surface area contributed by atoms with Crippen molar-refractivity contribution >= 4 is 33.0 Å². The monoisotopic (exact) mass is 285 g/mol. The fourth-order valence-electron chi connectivity index (χ4n) is 1.16. The number of primary sulfonamides is 1. The Balaban J connectivity index is 2.74. The highest BCUT2D eigenvalue weighted by Crippen LogP contribution is 2.13. The van der Waals surface area contributed by atoms with Gasteiger partial charge in [0.05, 0.1) is 4.90 Å². The van der Waals surface area contributed by atoms with Gasteiger partial charge in [0.25, 0.3) is 0 Å². The average molecular weight is 285 g/mol. The van der Waals surface area contributed by atoms with E-state index in [1.165, 1.54) is 12.1 Å². The van der Waals surface area contributed by atoms with Crippen LogP contribution in [0.3, 0.4) is 0 Å². The van der Waals surface area contributed by atoms with Crippen LogP contribution < -0.4 is 15.8 Å². The summed E-state index contributed by atoms with van der Waals surface area (Å²) in [6, 6.07) is 6.13. The summed E-state index contributed by atoms with van der Waals surface area (Å²) in [5.41, 5.74) is 1.50. The zero-order valence-electron chi connectivity index (χ0n) is 9.93. The molecule has 0 aromatic heterocycles. The molecule has 0 bridgehead atoms. The molecule has 1 aromatic carbocycles. The molecule has 0 radical (unpaired) electrons. The SMILES string of the molecule is C=C(C)CNC(=S)Nc1cccc(S(N)(=O)=O)c1. The number of rotatable bonds is 4. The summed E-state index contributed by atoms with van der Waals surface area (Å²) >= 11 is 5.05. The lowest BCUT2D eigenvalue weighted by Crippen LogP contribution is -2.29. The van der Waals surface area contributed by atoms with E-state index in [9.17, 15) is 8.42 Å². The zero-order valence-corrected chi connectivity index (χ0v) is 11.6. The number of hydrogen-bond acceptors (Lipinski definition) is 3. The van der Waals surface area contributed by atoms with Gasteiger partial charge in [-0.2, -0.15) is 0 Å². The predicted molar refractivity (Wildman–Crippen MR) is 76.9 cm³/mol. The maximum Gasteiger partial charge on any atom is 0.238 e. The van der Waals surface area contributed by atoms with Crippen LogP contribution in [0.15, 0.2) is 41.3 Å². The van der Waals surface area contributed by atoms with Gasteiger partial charge < -0.3 is 10.6 Å². The van der Waals surface area contributed by atoms with Gasteiger partial charge >= 0.3 is 0 Å². The number of nitrogens with two attached hydrogens (primary N) is 1. The molecule has 0 aliphatic heterocycles. The molecule has 0 atom stereocenters. The molecule has 98 valence electrons. The Kier molecular flexibility index (Phi) is 4.83. The van der Waals surface area contributed by atoms with Crippen LogP contribution in [-0.4, -0.2) is 20.1 Å². The van der Waals surface area contributed by atoms with Gasteiger partial charge in [-0.15, -0.1) is 0 Å². The Bertz CT molecular complexity index is 567. The molecular weight excluding hydrogens is 270 g/mol. The molecule has 0 saturated carbocycles. The first-order valence-corrected chi connectivity index (χ1v) is 7.06. The Labute approximate surface area is 112 Å². The number of hydrogen-bond donors (Lipinski definition) is 3. The first-order valence-electron chi connectivity index (χ1n) is 5.11. The Morgan fingerprint density at radius 1 is 1.50 bits per heavy atom. The molecule has 18 heavy (non-hydrogen) atoms. The first kappa shape index (κ1) is 14.6. The normalized spacial score (nSPS) is 10.8. The van der Waals surface area contributed by atoms with Gasteiger partial charge in [0.15, 0.2) is 5.11 Å². The largest absolute Gasteiger partial charge is 0.359 e. The molecule has 0 heterocycles. The Morgan fingerprint density at radius 3 is 2.72 bits per heavy atom. The van der Waals surface area contributed by atoms with E-state index in [0.29, 0.717) is 17.3 Å². The van der Waals surface area contributed by atoms with Crippen molar-refractivity contribution in [2.75, 3.05) is 11.9 Å². The highest BCUT2D eigenvalue weighted by molar-refractivity contribution is 7.89. The molecule has 0 fully saturated rings. The van der Waals surface area contributed by atoms with Crippen LogP contribution in [-0.2, 0) is 10.0 Å². The number of sulfonamides is 1. The van der Waals surface area contributed by atoms with Crippen LogP contribution in [0.4, 0.5) is 5.69 Å². The fraction of sp³-hybridized carbons (Fsp3) is 0.182. The molecule has 1 aromatic rings. The van der Waals surface area contributed by atoms with Crippen molar-refractivity contribution in [3.63, 3.8) is 0 Å². The minimum Gasteiger partial charge on any atom is -0.359 e. The number of anilines is 1. The number of benzene rings is 1. The Hall–Kier alpha value is -1.44. The lowest BCUT2D eigenvalue weighted by molar-refractivity contribution is 0.598. The minimum atomic E-state index is -3.70. The van der Waals surface area contributed by atoms with Gasteiger partial charge in [-0.3, -0.25) is 0 Å². The highest BCUT2D eigenvalue weighted by Gasteiger charge is 2.08. The smallest absolute Gasteiger partial charge is 0.238 e. The molecule has 0 saturated heterocycles. The summed E-state index contributed by atoms with van der Waals surface area (Å²) in [4.78, 5) is 0.0372. The average Bonchev–Trinajstić information content (AvgIpc) is 2.25. The summed E-state index contributed by atoms with van der Waals surface area (Å²) in [6.45, 7) is 6.16. The molecule has 5 nitrogen and oxygen atoms in total. The number of thiocarbonyl (C=S) groups is 1. The molecule has 7 heteroatoms. The van der Waals surface area contributed by atoms with Gasteiger partial charge in [-0.25, -0.2) is 13.6 Å². The van der Waals surface area contributed by atoms with Crippen molar-refractivity contribution in [1.29, 1.82) is 0 Å². The van der Waals surface area contributed by atoms with Crippen molar-refractivity contribution in [2.45, 2.75) is 11.8 Å². The maximum absolute atomic E-state index is 11.2. The van der Waals surface area contributed by atoms with E-state index in [1.54, 1.807) is 12.1 Å². The van der Waals surface area contributed by atoms with Gasteiger partial charge in [0.1, 0.15) is 0 Å². The summed E-state index contributed by atoms with van der Waals surface area (Å²) in [6.07, 6.45) is 0. The predicted octanol–water partition coefficient (Wildman–Crippen LogP) is 1.20. The lowest BCUT2D eigenvalue weighted by atomic mass is 10.3. The van der Waals surface area contributed by atoms with Crippen LogP contribution in [0.1, 0.15) is 6.92 Å². The summed E-state index contributed by atoms with van der Waals surface area (Å²) in [7, 11) is -3.70. The van der Waals surface area contributed by atoms with Crippen molar-refractivity contribution in [3.8, 4) is 0 Å². The van der Waals surface area contributed by atoms with E-state index in [1.807, 2.05) is 6.92 Å². The second kappa shape index (κ2) is 5.94. The van der Waals surface area contributed by atoms with Crippen molar-refractivity contribution in [1.82, 2.24) is 5.32 Å². The first-order chi connectivity index (χ1) is 8.29. The van der Waals surface area contributed by atoms with E-state index >= 15 is 0 Å². The van der Waals surface area contributed by atoms with E-state index in [4.69, 9.17) is 17.4 Å². The lowest BCUT2D eigenvalue weighted by Gasteiger charge is -2.10. The third-order valence-corrected chi connectivity index (χ3v) is 3.13. The second-order valence-electron chi connectivity index (χ2n) is 3.84. The van der Waals surface area contributed by atoms with Crippen LogP contribution in [0.25, 0.3) is 0 Å². The molecule has 0 spiro atoms. The summed E-state index contributed by atoms with van der Waals surface area (Å²) in [5.74, 6) is 0. The second-order valence-corrected chi connectivity index (χ2v) is 5.81. The third-order valence-electron chi connectivity index (χ3n) is 1.97. The molecule has 4 N–H and O–H groups in total. The van der Waals surface area contributed by atoms with Gasteiger partial charge in [-0.1, -0.05) is 18.2 Å². The third kappa shape index (κ3) is 4.82. The maximum atomic E-state index is 11.2. The van der Waals surface area contributed by atoms with Gasteiger partial charge in [-0.05, 0) is 37.3 Å². The van der Waals surface area contributed by atoms with E-state index in [2.05, 4.69) is 17.2 Å². The van der Waals surface area contributed by atoms with Gasteiger partial charge in [0.2, 0.25) is 10.0 Å². The Morgan fingerprint density at radius 2 is 2.17 bits per heavy atom. The molecule has 0 unspecified atom stereocenters. The topological polar surface area (TPSA) is 84.2 Å². The molecule has 0 aliphatic rings. The van der Waals surface area contributed by atoms with Crippen LogP contribution in [0, 0.1) is 0 Å². The van der Waals surface area contributed by atoms with E-state index in [0.717, 1.165) is 5.57 Å². The quantitative estimate of drug-likeness (QED) is 0.572. The highest BCUT2D eigenvalue weighted by atomic mass is 32.2. The molecular formula is C11H15N3O2S2. The van der Waals surface area contributed by atoms with Gasteiger partial charge in [0, 0.05) is 12.2 Å². The standard InChI is InChI=1S/C11H15N3O2S2/c1-8(2)7-13-11(17)14-9-4-3-5-10(6-9)18(12,15)16/h3-6H,1,7H2,2H3,(H2,12,15,16)(H2,13,14,17). The van der Waals surface area contributed by atoms with Crippen LogP contribution in [0.2, 0.25) is 0 Å². The molecule has 1 rings (SSSR count). The molecule has 0 amide bonds. The van der Waals surface area contributed by atoms with Crippen molar-refractivity contribution in [2.24, 2.45) is 5.14 Å². The van der Waals surface area contributed by atoms with Crippen molar-refractivity contribution in [3.05, 3.63) is 36.4 Å². The van der Waals surface area contributed by atoms with Crippen LogP contribution >= 0.6 is 12.2 Å². The zero-order chi connectivity index (χ0) is 13.8. The summed E-state index contributed by atoms with van der Waals surface area (Å²) in [5, 5.41) is 11.2. The van der Waals surface area contributed by atoms with E-state index in [-0.39, 0.29) is 4.90 Å². The van der Waals surface area contributed by atoms with Crippen LogP contribution in [0.5, 0.6) is 0 Å². The molecule has 0 aliphatic carbocycles. The minimum absolute atomic E-state index is 0.0372. The fourth-order valence-corrected chi connectivity index (χ4v) is 1.91.